The summed E-state index contributed by atoms with van der Waals surface area (Å²) in [7, 11) is 0. The lowest BCUT2D eigenvalue weighted by Crippen LogP contribution is -2.42. The number of carbonyl (C=O) groups is 2. The van der Waals surface area contributed by atoms with Crippen LogP contribution in [0, 0.1) is 0 Å². The van der Waals surface area contributed by atoms with E-state index in [9.17, 15) is 9.59 Å². The number of carbonyl (C=O) groups excluding carboxylic acids is 2. The topological polar surface area (TPSA) is 72.2 Å². The summed E-state index contributed by atoms with van der Waals surface area (Å²) in [4.78, 5) is 22.4. The molecule has 1 aromatic carbocycles. The maximum atomic E-state index is 11.6. The van der Waals surface area contributed by atoms with Gasteiger partial charge in [-0.2, -0.15) is 0 Å². The third-order valence-corrected chi connectivity index (χ3v) is 2.58. The van der Waals surface area contributed by atoms with Crippen LogP contribution in [0.3, 0.4) is 0 Å². The van der Waals surface area contributed by atoms with Crippen LogP contribution in [-0.4, -0.2) is 17.9 Å². The molecule has 0 saturated carbocycles. The average molecular weight is 271 g/mol. The highest BCUT2D eigenvalue weighted by Gasteiger charge is 2.14. The largest absolute Gasteiger partial charge is 0.368 e. The molecule has 0 unspecified atom stereocenters. The Labute approximate surface area is 96.0 Å². The van der Waals surface area contributed by atoms with Crippen LogP contribution in [0.25, 0.3) is 0 Å². The Morgan fingerprint density at radius 2 is 2.00 bits per heavy atom. The second kappa shape index (κ2) is 4.93. The molecule has 0 bridgehead atoms. The molecule has 1 rings (SSSR count). The molecule has 0 aliphatic heterocycles. The Hall–Kier alpha value is -1.36. The van der Waals surface area contributed by atoms with Crippen molar-refractivity contribution in [3.05, 3.63) is 34.3 Å². The SMILES string of the molecule is C[C@@H](NC(=O)c1ccccc1Br)C(N)=O. The van der Waals surface area contributed by atoms with Gasteiger partial charge in [-0.05, 0) is 35.0 Å². The molecular weight excluding hydrogens is 260 g/mol. The second-order valence-corrected chi connectivity index (χ2v) is 3.93. The van der Waals surface area contributed by atoms with Gasteiger partial charge in [0.25, 0.3) is 5.91 Å². The van der Waals surface area contributed by atoms with E-state index in [1.807, 2.05) is 0 Å². The first-order chi connectivity index (χ1) is 7.02. The van der Waals surface area contributed by atoms with E-state index in [0.717, 1.165) is 0 Å². The van der Waals surface area contributed by atoms with Crippen LogP contribution in [0.4, 0.5) is 0 Å². The lowest BCUT2D eigenvalue weighted by Gasteiger charge is -2.10. The number of rotatable bonds is 3. The van der Waals surface area contributed by atoms with Gasteiger partial charge in [-0.15, -0.1) is 0 Å². The van der Waals surface area contributed by atoms with Crippen LogP contribution < -0.4 is 11.1 Å². The van der Waals surface area contributed by atoms with Crippen molar-refractivity contribution in [2.75, 3.05) is 0 Å². The Balaban J connectivity index is 2.78. The minimum atomic E-state index is -0.676. The Bertz CT molecular complexity index is 393. The van der Waals surface area contributed by atoms with E-state index in [1.54, 1.807) is 24.3 Å². The molecule has 1 atom stereocenters. The Kier molecular flexibility index (Phi) is 3.85. The van der Waals surface area contributed by atoms with E-state index in [4.69, 9.17) is 5.73 Å². The van der Waals surface area contributed by atoms with Crippen molar-refractivity contribution in [3.8, 4) is 0 Å². The molecule has 5 heteroatoms. The molecule has 0 spiro atoms. The van der Waals surface area contributed by atoms with Gasteiger partial charge >= 0.3 is 0 Å². The summed E-state index contributed by atoms with van der Waals surface area (Å²) < 4.78 is 0.680. The number of amides is 2. The van der Waals surface area contributed by atoms with E-state index in [1.165, 1.54) is 6.92 Å². The summed E-state index contributed by atoms with van der Waals surface area (Å²) in [5.74, 6) is -0.885. The maximum Gasteiger partial charge on any atom is 0.253 e. The lowest BCUT2D eigenvalue weighted by molar-refractivity contribution is -0.119. The second-order valence-electron chi connectivity index (χ2n) is 3.08. The predicted octanol–water partition coefficient (Wildman–Crippen LogP) is 1.05. The zero-order chi connectivity index (χ0) is 11.4. The molecule has 0 heterocycles. The molecule has 2 amide bonds. The van der Waals surface area contributed by atoms with Gasteiger partial charge in [-0.25, -0.2) is 0 Å². The fourth-order valence-corrected chi connectivity index (χ4v) is 1.46. The summed E-state index contributed by atoms with van der Waals surface area (Å²) in [6.07, 6.45) is 0. The highest BCUT2D eigenvalue weighted by atomic mass is 79.9. The first kappa shape index (κ1) is 11.7. The standard InChI is InChI=1S/C10H11BrN2O2/c1-6(9(12)14)13-10(15)7-4-2-3-5-8(7)11/h2-6H,1H3,(H2,12,14)(H,13,15)/t6-/m1/s1. The quantitative estimate of drug-likeness (QED) is 0.862. The van der Waals surface area contributed by atoms with E-state index in [0.29, 0.717) is 10.0 Å². The van der Waals surface area contributed by atoms with Crippen LogP contribution in [0.1, 0.15) is 17.3 Å². The van der Waals surface area contributed by atoms with Crippen LogP contribution in [0.5, 0.6) is 0 Å². The van der Waals surface area contributed by atoms with E-state index in [2.05, 4.69) is 21.2 Å². The van der Waals surface area contributed by atoms with Gasteiger partial charge in [0.1, 0.15) is 6.04 Å². The maximum absolute atomic E-state index is 11.6. The highest BCUT2D eigenvalue weighted by Crippen LogP contribution is 2.15. The molecule has 4 nitrogen and oxygen atoms in total. The number of nitrogens with one attached hydrogen (secondary N) is 1. The van der Waals surface area contributed by atoms with Crippen molar-refractivity contribution in [2.24, 2.45) is 5.73 Å². The van der Waals surface area contributed by atoms with Gasteiger partial charge in [-0.1, -0.05) is 12.1 Å². The molecule has 0 radical (unpaired) electrons. The third-order valence-electron chi connectivity index (χ3n) is 1.89. The zero-order valence-corrected chi connectivity index (χ0v) is 9.74. The fourth-order valence-electron chi connectivity index (χ4n) is 0.991. The van der Waals surface area contributed by atoms with Gasteiger partial charge in [0.2, 0.25) is 5.91 Å². The van der Waals surface area contributed by atoms with Crippen LogP contribution in [-0.2, 0) is 4.79 Å². The van der Waals surface area contributed by atoms with Crippen molar-refractivity contribution >= 4 is 27.7 Å². The fraction of sp³-hybridized carbons (Fsp3) is 0.200. The summed E-state index contributed by atoms with van der Waals surface area (Å²) in [6.45, 7) is 1.54. The molecule has 0 aromatic heterocycles. The molecule has 15 heavy (non-hydrogen) atoms. The average Bonchev–Trinajstić information content (AvgIpc) is 2.18. The minimum absolute atomic E-state index is 0.325. The normalized spacial score (nSPS) is 11.9. The minimum Gasteiger partial charge on any atom is -0.368 e. The number of halogens is 1. The first-order valence-electron chi connectivity index (χ1n) is 4.37. The molecule has 1 aromatic rings. The first-order valence-corrected chi connectivity index (χ1v) is 5.16. The van der Waals surface area contributed by atoms with Crippen LogP contribution >= 0.6 is 15.9 Å². The van der Waals surface area contributed by atoms with Gasteiger partial charge in [0.05, 0.1) is 5.56 Å². The summed E-state index contributed by atoms with van der Waals surface area (Å²) in [6, 6.07) is 6.29. The molecule has 0 fully saturated rings. The third kappa shape index (κ3) is 3.06. The van der Waals surface area contributed by atoms with E-state index >= 15 is 0 Å². The van der Waals surface area contributed by atoms with Crippen molar-refractivity contribution < 1.29 is 9.59 Å². The predicted molar refractivity (Wildman–Crippen MR) is 60.3 cm³/mol. The summed E-state index contributed by atoms with van der Waals surface area (Å²) in [5, 5.41) is 2.49. The number of nitrogens with two attached hydrogens (primary N) is 1. The summed E-state index contributed by atoms with van der Waals surface area (Å²) in [5.41, 5.74) is 5.51. The molecular formula is C10H11BrN2O2. The summed E-state index contributed by atoms with van der Waals surface area (Å²) >= 11 is 3.25. The van der Waals surface area contributed by atoms with Crippen LogP contribution in [0.2, 0.25) is 0 Å². The molecule has 0 saturated heterocycles. The smallest absolute Gasteiger partial charge is 0.253 e. The number of hydrogen-bond acceptors (Lipinski definition) is 2. The van der Waals surface area contributed by atoms with Gasteiger partial charge < -0.3 is 11.1 Å². The van der Waals surface area contributed by atoms with Crippen molar-refractivity contribution in [3.63, 3.8) is 0 Å². The Morgan fingerprint density at radius 1 is 1.40 bits per heavy atom. The van der Waals surface area contributed by atoms with Gasteiger partial charge in [-0.3, -0.25) is 9.59 Å². The van der Waals surface area contributed by atoms with Gasteiger partial charge in [0, 0.05) is 4.47 Å². The molecule has 3 N–H and O–H groups in total. The number of primary amides is 1. The molecule has 0 aliphatic rings. The highest BCUT2D eigenvalue weighted by molar-refractivity contribution is 9.10. The Morgan fingerprint density at radius 3 is 2.53 bits per heavy atom. The van der Waals surface area contributed by atoms with E-state index in [-0.39, 0.29) is 5.91 Å². The van der Waals surface area contributed by atoms with Crippen molar-refractivity contribution in [1.82, 2.24) is 5.32 Å². The number of hydrogen-bond donors (Lipinski definition) is 2. The van der Waals surface area contributed by atoms with Crippen LogP contribution in [0.15, 0.2) is 28.7 Å². The van der Waals surface area contributed by atoms with Gasteiger partial charge in [0.15, 0.2) is 0 Å². The zero-order valence-electron chi connectivity index (χ0n) is 8.16. The lowest BCUT2D eigenvalue weighted by atomic mass is 10.2. The molecule has 80 valence electrons. The van der Waals surface area contributed by atoms with Crippen molar-refractivity contribution in [2.45, 2.75) is 13.0 Å². The monoisotopic (exact) mass is 270 g/mol. The molecule has 0 aliphatic carbocycles. The number of benzene rings is 1. The van der Waals surface area contributed by atoms with Crippen molar-refractivity contribution in [1.29, 1.82) is 0 Å². The van der Waals surface area contributed by atoms with E-state index < -0.39 is 11.9 Å².